The third-order valence-electron chi connectivity index (χ3n) is 2.27. The smallest absolute Gasteiger partial charge is 0.402 e. The van der Waals surface area contributed by atoms with E-state index in [-0.39, 0.29) is 6.08 Å². The van der Waals surface area contributed by atoms with Gasteiger partial charge >= 0.3 is 39.4 Å². The van der Waals surface area contributed by atoms with E-state index in [1.54, 1.807) is 0 Å². The van der Waals surface area contributed by atoms with Crippen LogP contribution in [-0.2, 0) is 29.2 Å². The maximum absolute atomic E-state index is 13.6. The van der Waals surface area contributed by atoms with Crippen molar-refractivity contribution in [2.24, 2.45) is 0 Å². The summed E-state index contributed by atoms with van der Waals surface area (Å²) in [6.07, 6.45) is -11.2. The van der Waals surface area contributed by atoms with E-state index in [1.807, 2.05) is 0 Å². The first kappa shape index (κ1) is 23.1. The zero-order chi connectivity index (χ0) is 20.3. The molecule has 1 atom stereocenters. The number of carbonyl (C=O) groups is 2. The zero-order valence-electron chi connectivity index (χ0n) is 11.7. The van der Waals surface area contributed by atoms with Crippen LogP contribution in [0.3, 0.4) is 0 Å². The van der Waals surface area contributed by atoms with Gasteiger partial charge in [0.25, 0.3) is 0 Å². The number of carbonyl (C=O) groups excluding carboxylic acids is 2. The Morgan fingerprint density at radius 1 is 1.12 bits per heavy atom. The van der Waals surface area contributed by atoms with E-state index in [9.17, 15) is 48.7 Å². The number of rotatable bonds is 8. The lowest BCUT2D eigenvalue weighted by Gasteiger charge is -2.26. The average Bonchev–Trinajstić information content (AvgIpc) is 2.40. The highest BCUT2D eigenvalue weighted by Crippen LogP contribution is 2.33. The van der Waals surface area contributed by atoms with E-state index < -0.39 is 58.5 Å². The summed E-state index contributed by atoms with van der Waals surface area (Å²) in [7, 11) is -6.15. The Morgan fingerprint density at radius 3 is 1.96 bits per heavy atom. The fraction of sp³-hybridized carbons (Fsp3) is 0.600. The van der Waals surface area contributed by atoms with Gasteiger partial charge < -0.3 is 9.47 Å². The van der Waals surface area contributed by atoms with Gasteiger partial charge in [-0.3, -0.25) is 4.55 Å². The van der Waals surface area contributed by atoms with Crippen molar-refractivity contribution < 1.29 is 62.8 Å². The molecule has 0 aromatic rings. The van der Waals surface area contributed by atoms with Gasteiger partial charge in [0.1, 0.15) is 0 Å². The summed E-state index contributed by atoms with van der Waals surface area (Å²) in [5, 5.41) is -5.20. The third kappa shape index (κ3) is 6.85. The highest BCUT2D eigenvalue weighted by molar-refractivity contribution is 7.86. The number of halogens is 7. The van der Waals surface area contributed by atoms with Crippen LogP contribution in [-0.4, -0.2) is 55.0 Å². The molecule has 146 valence electrons. The van der Waals surface area contributed by atoms with E-state index in [2.05, 4.69) is 16.1 Å². The molecule has 0 aromatic heterocycles. The summed E-state index contributed by atoms with van der Waals surface area (Å²) >= 11 is 0. The molecular formula is C10H9F7O7S. The first-order chi connectivity index (χ1) is 10.9. The van der Waals surface area contributed by atoms with Crippen molar-refractivity contribution in [2.75, 3.05) is 6.61 Å². The first-order valence-electron chi connectivity index (χ1n) is 5.73. The van der Waals surface area contributed by atoms with Crippen LogP contribution in [0.15, 0.2) is 12.7 Å². The Bertz CT molecular complexity index is 626. The van der Waals surface area contributed by atoms with Gasteiger partial charge in [0.15, 0.2) is 12.7 Å². The van der Waals surface area contributed by atoms with Crippen molar-refractivity contribution in [3.05, 3.63) is 12.7 Å². The molecule has 0 bridgehead atoms. The quantitative estimate of drug-likeness (QED) is 0.283. The van der Waals surface area contributed by atoms with Crippen molar-refractivity contribution in [3.63, 3.8) is 0 Å². The molecule has 0 aliphatic rings. The fourth-order valence-electron chi connectivity index (χ4n) is 1.09. The summed E-state index contributed by atoms with van der Waals surface area (Å²) in [6.45, 7) is 0.106. The predicted molar refractivity (Wildman–Crippen MR) is 63.2 cm³/mol. The molecule has 0 rings (SSSR count). The van der Waals surface area contributed by atoms with Crippen molar-refractivity contribution in [3.8, 4) is 0 Å². The average molecular weight is 406 g/mol. The van der Waals surface area contributed by atoms with Gasteiger partial charge in [0.05, 0.1) is 6.42 Å². The van der Waals surface area contributed by atoms with Crippen LogP contribution in [0.25, 0.3) is 0 Å². The van der Waals surface area contributed by atoms with Gasteiger partial charge in [0.2, 0.25) is 0 Å². The molecule has 0 aromatic carbocycles. The molecule has 0 spiro atoms. The second-order valence-electron chi connectivity index (χ2n) is 4.26. The topological polar surface area (TPSA) is 107 Å². The standard InChI is InChI=1S/C10H9F7O7S/c1-2-6(18)24-5(3-8(11,12)13)10(16,17)7(19)23-4-9(14,15)25(20,21)22/h2,5H,1,3-4H2,(H,20,21,22). The van der Waals surface area contributed by atoms with E-state index in [0.717, 1.165) is 0 Å². The first-order valence-corrected chi connectivity index (χ1v) is 7.17. The number of alkyl halides is 7. The van der Waals surface area contributed by atoms with Gasteiger partial charge in [-0.2, -0.15) is 39.2 Å². The number of hydrogen-bond donors (Lipinski definition) is 1. The molecule has 15 heteroatoms. The minimum absolute atomic E-state index is 0.192. The summed E-state index contributed by atoms with van der Waals surface area (Å²) < 4.78 is 125. The van der Waals surface area contributed by atoms with Crippen molar-refractivity contribution >= 4 is 22.1 Å². The van der Waals surface area contributed by atoms with Crippen molar-refractivity contribution in [1.82, 2.24) is 0 Å². The minimum atomic E-state index is -6.15. The normalized spacial score (nSPS) is 14.6. The van der Waals surface area contributed by atoms with E-state index >= 15 is 0 Å². The minimum Gasteiger partial charge on any atom is -0.453 e. The van der Waals surface area contributed by atoms with E-state index in [0.29, 0.717) is 0 Å². The van der Waals surface area contributed by atoms with Crippen LogP contribution >= 0.6 is 0 Å². The second-order valence-corrected chi connectivity index (χ2v) is 5.81. The summed E-state index contributed by atoms with van der Waals surface area (Å²) in [5.74, 6) is -10.1. The van der Waals surface area contributed by atoms with Gasteiger partial charge in [-0.05, 0) is 0 Å². The van der Waals surface area contributed by atoms with Gasteiger partial charge in [-0.25, -0.2) is 9.59 Å². The maximum Gasteiger partial charge on any atom is 0.402 e. The highest BCUT2D eigenvalue weighted by atomic mass is 32.2. The molecule has 7 nitrogen and oxygen atoms in total. The molecule has 1 unspecified atom stereocenters. The van der Waals surface area contributed by atoms with E-state index in [1.165, 1.54) is 0 Å². The molecule has 0 heterocycles. The van der Waals surface area contributed by atoms with Crippen LogP contribution in [0.5, 0.6) is 0 Å². The molecular weight excluding hydrogens is 397 g/mol. The van der Waals surface area contributed by atoms with Gasteiger partial charge in [0, 0.05) is 6.08 Å². The Morgan fingerprint density at radius 2 is 1.60 bits per heavy atom. The molecule has 0 radical (unpaired) electrons. The lowest BCUT2D eigenvalue weighted by atomic mass is 10.1. The summed E-state index contributed by atoms with van der Waals surface area (Å²) in [6, 6.07) is 0. The molecule has 0 amide bonds. The largest absolute Gasteiger partial charge is 0.453 e. The van der Waals surface area contributed by atoms with Crippen LogP contribution in [0, 0.1) is 0 Å². The fourth-order valence-corrected chi connectivity index (χ4v) is 1.30. The Balaban J connectivity index is 5.38. The van der Waals surface area contributed by atoms with Crippen LogP contribution < -0.4 is 0 Å². The number of ether oxygens (including phenoxy) is 2. The van der Waals surface area contributed by atoms with Crippen LogP contribution in [0.1, 0.15) is 6.42 Å². The highest BCUT2D eigenvalue weighted by Gasteiger charge is 2.56. The SMILES string of the molecule is C=CC(=O)OC(CC(F)(F)F)C(F)(F)C(=O)OCC(F)(F)S(=O)(=O)O. The Kier molecular flexibility index (Phi) is 6.98. The van der Waals surface area contributed by atoms with Crippen LogP contribution in [0.4, 0.5) is 30.7 Å². The van der Waals surface area contributed by atoms with Gasteiger partial charge in [-0.1, -0.05) is 6.58 Å². The summed E-state index contributed by atoms with van der Waals surface area (Å²) in [4.78, 5) is 21.9. The van der Waals surface area contributed by atoms with Gasteiger partial charge in [-0.15, -0.1) is 0 Å². The monoisotopic (exact) mass is 406 g/mol. The van der Waals surface area contributed by atoms with Crippen molar-refractivity contribution in [2.45, 2.75) is 29.9 Å². The van der Waals surface area contributed by atoms with Crippen molar-refractivity contribution in [1.29, 1.82) is 0 Å². The lowest BCUT2D eigenvalue weighted by Crippen LogP contribution is -2.48. The maximum atomic E-state index is 13.6. The molecule has 0 aliphatic heterocycles. The molecule has 25 heavy (non-hydrogen) atoms. The van der Waals surface area contributed by atoms with Crippen LogP contribution in [0.2, 0.25) is 0 Å². The lowest BCUT2D eigenvalue weighted by molar-refractivity contribution is -0.221. The third-order valence-corrected chi connectivity index (χ3v) is 3.14. The molecule has 0 fully saturated rings. The number of hydrogen-bond acceptors (Lipinski definition) is 6. The molecule has 0 saturated carbocycles. The second kappa shape index (κ2) is 7.55. The molecule has 0 saturated heterocycles. The Labute approximate surface area is 135 Å². The van der Waals surface area contributed by atoms with E-state index in [4.69, 9.17) is 4.55 Å². The molecule has 0 aliphatic carbocycles. The predicted octanol–water partition coefficient (Wildman–Crippen LogP) is 1.70. The summed E-state index contributed by atoms with van der Waals surface area (Å²) in [5.41, 5.74) is 0. The molecule has 1 N–H and O–H groups in total. The number of esters is 2. The zero-order valence-corrected chi connectivity index (χ0v) is 12.5. The Hall–Kier alpha value is -1.90.